The van der Waals surface area contributed by atoms with Crippen LogP contribution in [0.25, 0.3) is 10.4 Å². The smallest absolute Gasteiger partial charge is 0.262 e. The normalized spacial score (nSPS) is 18.8. The predicted octanol–water partition coefficient (Wildman–Crippen LogP) is 1.56. The Balaban J connectivity index is 1.68. The zero-order valence-corrected chi connectivity index (χ0v) is 14.4. The van der Waals surface area contributed by atoms with Gasteiger partial charge >= 0.3 is 0 Å². The summed E-state index contributed by atoms with van der Waals surface area (Å²) in [5, 5.41) is 5.58. The molecule has 1 atom stereocenters. The van der Waals surface area contributed by atoms with Crippen LogP contribution < -0.4 is 10.1 Å². The van der Waals surface area contributed by atoms with Crippen LogP contribution in [0.1, 0.15) is 46.4 Å². The standard InChI is InChI=1S/C17H17N5O5/c18-21-19-7-1-2-8-27-10-3-4-11-12(9-10)17(26)22(16(11)25)13-5-6-14(23)20-15(13)24/h3-4,9,13H,1-2,5-8H2,(H,20,23,24). The molecule has 4 amide bonds. The van der Waals surface area contributed by atoms with E-state index in [0.29, 0.717) is 31.7 Å². The van der Waals surface area contributed by atoms with Gasteiger partial charge in [0.15, 0.2) is 0 Å². The highest BCUT2D eigenvalue weighted by Gasteiger charge is 2.44. The molecule has 27 heavy (non-hydrogen) atoms. The van der Waals surface area contributed by atoms with Crippen molar-refractivity contribution in [2.24, 2.45) is 5.11 Å². The van der Waals surface area contributed by atoms with E-state index in [2.05, 4.69) is 15.3 Å². The molecule has 140 valence electrons. The van der Waals surface area contributed by atoms with Crippen molar-refractivity contribution < 1.29 is 23.9 Å². The number of benzene rings is 1. The first-order valence-electron chi connectivity index (χ1n) is 8.52. The van der Waals surface area contributed by atoms with Crippen LogP contribution in [0, 0.1) is 0 Å². The molecule has 0 saturated carbocycles. The van der Waals surface area contributed by atoms with Crippen LogP contribution in [-0.2, 0) is 9.59 Å². The van der Waals surface area contributed by atoms with E-state index in [9.17, 15) is 19.2 Å². The Labute approximate surface area is 154 Å². The van der Waals surface area contributed by atoms with Gasteiger partial charge in [-0.15, -0.1) is 0 Å². The van der Waals surface area contributed by atoms with E-state index < -0.39 is 29.7 Å². The quantitative estimate of drug-likeness (QED) is 0.254. The molecule has 2 aliphatic rings. The summed E-state index contributed by atoms with van der Waals surface area (Å²) < 4.78 is 5.57. The van der Waals surface area contributed by atoms with E-state index >= 15 is 0 Å². The number of nitrogens with zero attached hydrogens (tertiary/aromatic N) is 4. The van der Waals surface area contributed by atoms with Crippen molar-refractivity contribution in [1.82, 2.24) is 10.2 Å². The highest BCUT2D eigenvalue weighted by molar-refractivity contribution is 6.23. The number of carbonyl (C=O) groups excluding carboxylic acids is 4. The minimum absolute atomic E-state index is 0.0774. The highest BCUT2D eigenvalue weighted by atomic mass is 16.5. The van der Waals surface area contributed by atoms with E-state index in [1.54, 1.807) is 6.07 Å². The van der Waals surface area contributed by atoms with E-state index in [4.69, 9.17) is 10.3 Å². The van der Waals surface area contributed by atoms with Gasteiger partial charge in [-0.3, -0.25) is 29.4 Å². The number of unbranched alkanes of at least 4 members (excludes halogenated alkanes) is 1. The van der Waals surface area contributed by atoms with Gasteiger partial charge in [-0.1, -0.05) is 5.11 Å². The Kier molecular flexibility index (Phi) is 5.37. The molecule has 0 radical (unpaired) electrons. The lowest BCUT2D eigenvalue weighted by molar-refractivity contribution is -0.136. The molecular weight excluding hydrogens is 354 g/mol. The maximum atomic E-state index is 12.7. The number of piperidine rings is 1. The number of rotatable bonds is 7. The molecule has 1 aromatic carbocycles. The summed E-state index contributed by atoms with van der Waals surface area (Å²) in [5.74, 6) is -1.74. The lowest BCUT2D eigenvalue weighted by Crippen LogP contribution is -2.54. The number of carbonyl (C=O) groups is 4. The van der Waals surface area contributed by atoms with Crippen LogP contribution >= 0.6 is 0 Å². The van der Waals surface area contributed by atoms with Crippen molar-refractivity contribution in [3.63, 3.8) is 0 Å². The van der Waals surface area contributed by atoms with Crippen molar-refractivity contribution in [2.75, 3.05) is 13.2 Å². The molecule has 1 fully saturated rings. The van der Waals surface area contributed by atoms with Gasteiger partial charge in [-0.2, -0.15) is 0 Å². The largest absolute Gasteiger partial charge is 0.494 e. The number of azide groups is 1. The Morgan fingerprint density at radius 1 is 1.19 bits per heavy atom. The first-order chi connectivity index (χ1) is 13.0. The molecule has 1 aromatic rings. The Hall–Kier alpha value is -3.39. The number of nitrogens with one attached hydrogen (secondary N) is 1. The fourth-order valence-corrected chi connectivity index (χ4v) is 3.06. The molecule has 0 bridgehead atoms. The van der Waals surface area contributed by atoms with Gasteiger partial charge in [0.2, 0.25) is 11.8 Å². The molecule has 1 unspecified atom stereocenters. The van der Waals surface area contributed by atoms with Gasteiger partial charge in [-0.25, -0.2) is 0 Å². The Bertz CT molecular complexity index is 861. The molecule has 0 aromatic heterocycles. The number of ether oxygens (including phenoxy) is 1. The summed E-state index contributed by atoms with van der Waals surface area (Å²) >= 11 is 0. The molecule has 2 heterocycles. The van der Waals surface area contributed by atoms with E-state index in [0.717, 1.165) is 4.90 Å². The lowest BCUT2D eigenvalue weighted by atomic mass is 10.0. The highest BCUT2D eigenvalue weighted by Crippen LogP contribution is 2.30. The number of fused-ring (bicyclic) bond motifs is 1. The van der Waals surface area contributed by atoms with Gasteiger partial charge in [0.1, 0.15) is 11.8 Å². The topological polar surface area (TPSA) is 142 Å². The maximum absolute atomic E-state index is 12.7. The summed E-state index contributed by atoms with van der Waals surface area (Å²) in [4.78, 5) is 52.1. The third kappa shape index (κ3) is 3.75. The zero-order chi connectivity index (χ0) is 19.4. The second-order valence-electron chi connectivity index (χ2n) is 6.16. The molecule has 2 aliphatic heterocycles. The van der Waals surface area contributed by atoms with Gasteiger partial charge in [0.05, 0.1) is 17.7 Å². The van der Waals surface area contributed by atoms with Crippen LogP contribution in [0.2, 0.25) is 0 Å². The van der Waals surface area contributed by atoms with Crippen molar-refractivity contribution in [3.05, 3.63) is 39.8 Å². The van der Waals surface area contributed by atoms with E-state index in [1.807, 2.05) is 0 Å². The molecule has 1 N–H and O–H groups in total. The average molecular weight is 371 g/mol. The monoisotopic (exact) mass is 371 g/mol. The van der Waals surface area contributed by atoms with Gasteiger partial charge in [-0.05, 0) is 43.0 Å². The first-order valence-corrected chi connectivity index (χ1v) is 8.52. The number of hydrogen-bond donors (Lipinski definition) is 1. The fraction of sp³-hybridized carbons (Fsp3) is 0.412. The molecule has 1 saturated heterocycles. The van der Waals surface area contributed by atoms with Crippen molar-refractivity contribution in [3.8, 4) is 5.75 Å². The molecular formula is C17H17N5O5. The summed E-state index contributed by atoms with van der Waals surface area (Å²) in [7, 11) is 0. The third-order valence-corrected chi connectivity index (χ3v) is 4.40. The molecule has 3 rings (SSSR count). The minimum Gasteiger partial charge on any atom is -0.494 e. The van der Waals surface area contributed by atoms with Gasteiger partial charge in [0, 0.05) is 17.9 Å². The number of hydrogen-bond acceptors (Lipinski definition) is 6. The van der Waals surface area contributed by atoms with Gasteiger partial charge < -0.3 is 4.74 Å². The summed E-state index contributed by atoms with van der Waals surface area (Å²) in [6.07, 6.45) is 1.54. The van der Waals surface area contributed by atoms with Crippen molar-refractivity contribution in [2.45, 2.75) is 31.7 Å². The Morgan fingerprint density at radius 3 is 2.70 bits per heavy atom. The fourth-order valence-electron chi connectivity index (χ4n) is 3.06. The summed E-state index contributed by atoms with van der Waals surface area (Å²) in [6.45, 7) is 0.761. The SMILES string of the molecule is [N-]=[N+]=NCCCCOc1ccc2c(c1)C(=O)N(C1CCC(=O)NC1=O)C2=O. The van der Waals surface area contributed by atoms with Crippen LogP contribution in [0.5, 0.6) is 5.75 Å². The van der Waals surface area contributed by atoms with Crippen molar-refractivity contribution >= 4 is 23.6 Å². The zero-order valence-electron chi connectivity index (χ0n) is 14.4. The average Bonchev–Trinajstić information content (AvgIpc) is 2.89. The summed E-state index contributed by atoms with van der Waals surface area (Å²) in [6, 6.07) is 3.58. The van der Waals surface area contributed by atoms with Crippen LogP contribution in [0.4, 0.5) is 0 Å². The van der Waals surface area contributed by atoms with E-state index in [-0.39, 0.29) is 24.0 Å². The predicted molar refractivity (Wildman–Crippen MR) is 91.9 cm³/mol. The second-order valence-corrected chi connectivity index (χ2v) is 6.16. The lowest BCUT2D eigenvalue weighted by Gasteiger charge is -2.27. The second kappa shape index (κ2) is 7.88. The number of imide groups is 2. The van der Waals surface area contributed by atoms with Gasteiger partial charge in [0.25, 0.3) is 11.8 Å². The molecule has 0 spiro atoms. The molecule has 10 heteroatoms. The summed E-state index contributed by atoms with van der Waals surface area (Å²) in [5.41, 5.74) is 8.59. The Morgan fingerprint density at radius 2 is 1.96 bits per heavy atom. The number of amides is 4. The van der Waals surface area contributed by atoms with E-state index in [1.165, 1.54) is 12.1 Å². The molecule has 10 nitrogen and oxygen atoms in total. The van der Waals surface area contributed by atoms with Crippen LogP contribution in [0.15, 0.2) is 23.3 Å². The van der Waals surface area contributed by atoms with Crippen LogP contribution in [0.3, 0.4) is 0 Å². The van der Waals surface area contributed by atoms with Crippen molar-refractivity contribution in [1.29, 1.82) is 0 Å². The third-order valence-electron chi connectivity index (χ3n) is 4.40. The van der Waals surface area contributed by atoms with Crippen LogP contribution in [-0.4, -0.2) is 47.7 Å². The first kappa shape index (κ1) is 18.4. The minimum atomic E-state index is -0.986. The molecule has 0 aliphatic carbocycles. The maximum Gasteiger partial charge on any atom is 0.262 e.